The van der Waals surface area contributed by atoms with Gasteiger partial charge in [0.05, 0.1) is 5.60 Å². The summed E-state index contributed by atoms with van der Waals surface area (Å²) in [5, 5.41) is 10.3. The van der Waals surface area contributed by atoms with Crippen molar-refractivity contribution in [1.82, 2.24) is 5.31 Å². The lowest BCUT2D eigenvalue weighted by molar-refractivity contribution is 0.00878. The normalized spacial score (nSPS) is 34.7. The Balaban J connectivity index is 2.29. The average molecular weight is 88.1 g/mol. The summed E-state index contributed by atoms with van der Waals surface area (Å²) in [5.74, 6) is 0. The van der Waals surface area contributed by atoms with Crippen molar-refractivity contribution in [1.29, 1.82) is 0 Å². The van der Waals surface area contributed by atoms with E-state index in [0.29, 0.717) is 13.1 Å². The first-order valence-electron chi connectivity index (χ1n) is 2.51. The third-order valence-electron chi connectivity index (χ3n) is 0.905. The summed E-state index contributed by atoms with van der Waals surface area (Å²) in [6, 6.07) is 0. The molecule has 1 saturated heterocycles. The predicted molar refractivity (Wildman–Crippen MR) is 23.5 cm³/mol. The molecular formula is C4H9NO. The van der Waals surface area contributed by atoms with Crippen LogP contribution in [0.1, 0.15) is 6.92 Å². The SMILES string of the molecule is [2H]N1CC(C)(O)C1. The molecule has 0 saturated carbocycles. The molecule has 0 spiro atoms. The van der Waals surface area contributed by atoms with E-state index in [0.717, 1.165) is 0 Å². The minimum absolute atomic E-state index is 0.493. The zero-order valence-electron chi connectivity index (χ0n) is 4.81. The van der Waals surface area contributed by atoms with Gasteiger partial charge in [0.1, 0.15) is 1.41 Å². The van der Waals surface area contributed by atoms with Gasteiger partial charge in [-0.2, -0.15) is 0 Å². The van der Waals surface area contributed by atoms with Crippen LogP contribution in [0.5, 0.6) is 0 Å². The highest BCUT2D eigenvalue weighted by Gasteiger charge is 2.27. The van der Waals surface area contributed by atoms with E-state index in [1.807, 2.05) is 0 Å². The standard InChI is InChI=1S/C4H9NO/c1-4(6)2-5-3-4/h5-6H,2-3H2,1H3/i/hD. The van der Waals surface area contributed by atoms with Crippen LogP contribution in [-0.2, 0) is 0 Å². The Morgan fingerprint density at radius 3 is 2.50 bits per heavy atom. The van der Waals surface area contributed by atoms with E-state index in [-0.39, 0.29) is 0 Å². The highest BCUT2D eigenvalue weighted by Crippen LogP contribution is 2.05. The van der Waals surface area contributed by atoms with Crippen LogP contribution < -0.4 is 5.31 Å². The molecule has 0 amide bonds. The summed E-state index contributed by atoms with van der Waals surface area (Å²) in [4.78, 5) is 0. The summed E-state index contributed by atoms with van der Waals surface area (Å²) < 4.78 is 6.84. The van der Waals surface area contributed by atoms with Crippen LogP contribution in [-0.4, -0.2) is 23.8 Å². The zero-order valence-corrected chi connectivity index (χ0v) is 3.81. The van der Waals surface area contributed by atoms with Gasteiger partial charge in [0.2, 0.25) is 0 Å². The van der Waals surface area contributed by atoms with Gasteiger partial charge in [-0.05, 0) is 6.92 Å². The van der Waals surface area contributed by atoms with Crippen molar-refractivity contribution < 1.29 is 6.52 Å². The van der Waals surface area contributed by atoms with Gasteiger partial charge in [-0.3, -0.25) is 0 Å². The second-order valence-electron chi connectivity index (χ2n) is 2.04. The minimum atomic E-state index is -0.568. The molecule has 0 bridgehead atoms. The quantitative estimate of drug-likeness (QED) is 0.412. The molecule has 0 atom stereocenters. The van der Waals surface area contributed by atoms with Crippen molar-refractivity contribution in [2.24, 2.45) is 0 Å². The fraction of sp³-hybridized carbons (Fsp3) is 1.00. The van der Waals surface area contributed by atoms with E-state index < -0.39 is 5.60 Å². The van der Waals surface area contributed by atoms with E-state index in [1.54, 1.807) is 6.92 Å². The fourth-order valence-corrected chi connectivity index (χ4v) is 0.435. The van der Waals surface area contributed by atoms with E-state index in [9.17, 15) is 0 Å². The van der Waals surface area contributed by atoms with Gasteiger partial charge in [0.25, 0.3) is 0 Å². The van der Waals surface area contributed by atoms with Crippen LogP contribution in [0.15, 0.2) is 0 Å². The molecule has 0 aliphatic carbocycles. The summed E-state index contributed by atoms with van der Waals surface area (Å²) in [7, 11) is 0. The maximum atomic E-state index is 8.92. The van der Waals surface area contributed by atoms with Crippen molar-refractivity contribution in [3.8, 4) is 0 Å². The van der Waals surface area contributed by atoms with Crippen molar-refractivity contribution in [2.45, 2.75) is 12.5 Å². The van der Waals surface area contributed by atoms with E-state index in [1.165, 1.54) is 5.31 Å². The van der Waals surface area contributed by atoms with Gasteiger partial charge in [0, 0.05) is 13.1 Å². The molecule has 1 fully saturated rings. The van der Waals surface area contributed by atoms with Crippen molar-refractivity contribution in [3.63, 3.8) is 0 Å². The van der Waals surface area contributed by atoms with Crippen LogP contribution in [0.25, 0.3) is 0 Å². The first-order valence-corrected chi connectivity index (χ1v) is 2.06. The van der Waals surface area contributed by atoms with Crippen LogP contribution >= 0.6 is 0 Å². The van der Waals surface area contributed by atoms with Gasteiger partial charge in [0.15, 0.2) is 0 Å². The number of hydrogen-bond acceptors (Lipinski definition) is 2. The van der Waals surface area contributed by atoms with Gasteiger partial charge in [-0.15, -0.1) is 0 Å². The Hall–Kier alpha value is -0.0800. The van der Waals surface area contributed by atoms with Gasteiger partial charge >= 0.3 is 0 Å². The Bertz CT molecular complexity index is 75.8. The maximum absolute atomic E-state index is 8.92. The average Bonchev–Trinajstić information content (AvgIpc) is 1.27. The number of aliphatic hydroxyl groups is 1. The monoisotopic (exact) mass is 88.1 g/mol. The Kier molecular flexibility index (Phi) is 0.474. The fourth-order valence-electron chi connectivity index (χ4n) is 0.435. The zero-order chi connectivity index (χ0) is 5.49. The molecule has 0 aromatic carbocycles. The molecule has 2 nitrogen and oxygen atoms in total. The lowest BCUT2D eigenvalue weighted by atomic mass is 10.0. The summed E-state index contributed by atoms with van der Waals surface area (Å²) in [6.45, 7) is 2.72. The molecule has 1 aliphatic heterocycles. The Labute approximate surface area is 38.6 Å². The number of rotatable bonds is 0. The molecule has 6 heavy (non-hydrogen) atoms. The van der Waals surface area contributed by atoms with E-state index in [4.69, 9.17) is 6.52 Å². The van der Waals surface area contributed by atoms with Gasteiger partial charge < -0.3 is 10.4 Å². The van der Waals surface area contributed by atoms with Crippen LogP contribution in [0.2, 0.25) is 1.41 Å². The molecule has 0 aromatic rings. The molecule has 2 N–H and O–H groups in total. The van der Waals surface area contributed by atoms with Gasteiger partial charge in [-0.1, -0.05) is 0 Å². The third-order valence-corrected chi connectivity index (χ3v) is 0.905. The molecule has 0 aromatic heterocycles. The molecule has 2 heteroatoms. The number of β-amino-alcohol motifs (C(OH)–C–C–N with tert-alkyl or cyclic N) is 1. The summed E-state index contributed by atoms with van der Waals surface area (Å²) in [6.07, 6.45) is 0. The summed E-state index contributed by atoms with van der Waals surface area (Å²) >= 11 is 0. The van der Waals surface area contributed by atoms with Crippen LogP contribution in [0.3, 0.4) is 0 Å². The highest BCUT2D eigenvalue weighted by molar-refractivity contribution is 4.87. The van der Waals surface area contributed by atoms with Crippen LogP contribution in [0.4, 0.5) is 0 Å². The number of hydrogen-bond donors (Lipinski definition) is 2. The topological polar surface area (TPSA) is 32.3 Å². The minimum Gasteiger partial charge on any atom is -0.388 e. The lowest BCUT2D eigenvalue weighted by Crippen LogP contribution is -2.57. The Morgan fingerprint density at radius 2 is 2.50 bits per heavy atom. The smallest absolute Gasteiger partial charge is 0.122 e. The predicted octanol–water partition coefficient (Wildman–Crippen LogP) is -0.659. The molecule has 0 radical (unpaired) electrons. The van der Waals surface area contributed by atoms with E-state index in [2.05, 4.69) is 0 Å². The maximum Gasteiger partial charge on any atom is 0.122 e. The first-order chi connectivity index (χ1) is 3.10. The summed E-state index contributed by atoms with van der Waals surface area (Å²) in [5.41, 5.74) is -0.568. The van der Waals surface area contributed by atoms with Gasteiger partial charge in [-0.25, -0.2) is 0 Å². The van der Waals surface area contributed by atoms with Crippen molar-refractivity contribution in [2.75, 3.05) is 13.1 Å². The largest absolute Gasteiger partial charge is 0.388 e. The van der Waals surface area contributed by atoms with E-state index >= 15 is 0 Å². The van der Waals surface area contributed by atoms with Crippen molar-refractivity contribution >= 4 is 0 Å². The third kappa shape index (κ3) is 0.533. The molecule has 1 aliphatic rings. The molecular weight excluding hydrogens is 78.0 g/mol. The van der Waals surface area contributed by atoms with Crippen molar-refractivity contribution in [3.05, 3.63) is 0 Å². The first kappa shape index (κ1) is 2.99. The Morgan fingerprint density at radius 1 is 2.00 bits per heavy atom. The highest BCUT2D eigenvalue weighted by atomic mass is 16.3. The number of nitrogens with one attached hydrogen (secondary N) is 1. The molecule has 0 unspecified atom stereocenters. The second-order valence-corrected chi connectivity index (χ2v) is 2.04. The molecule has 1 rings (SSSR count). The van der Waals surface area contributed by atoms with Crippen LogP contribution in [0, 0.1) is 0 Å². The molecule has 1 heterocycles. The lowest BCUT2D eigenvalue weighted by Gasteiger charge is -2.33. The molecule has 36 valence electrons. The second kappa shape index (κ2) is 0.950.